The van der Waals surface area contributed by atoms with Gasteiger partial charge < -0.3 is 14.8 Å². The molecule has 0 atom stereocenters. The van der Waals surface area contributed by atoms with Crippen LogP contribution in [0.5, 0.6) is 11.5 Å². The number of nitrogens with zero attached hydrogens (tertiary/aromatic N) is 2. The highest BCUT2D eigenvalue weighted by Gasteiger charge is 2.12. The summed E-state index contributed by atoms with van der Waals surface area (Å²) in [6.45, 7) is 2.43. The van der Waals surface area contributed by atoms with Gasteiger partial charge in [-0.2, -0.15) is 5.10 Å². The largest absolute Gasteiger partial charge is 0.493 e. The van der Waals surface area contributed by atoms with E-state index in [1.54, 1.807) is 48.3 Å². The number of carbonyl (C=O) groups is 1. The number of halogens is 1. The van der Waals surface area contributed by atoms with Crippen molar-refractivity contribution in [2.24, 2.45) is 0 Å². The normalized spacial score (nSPS) is 10.4. The molecule has 6 nitrogen and oxygen atoms in total. The van der Waals surface area contributed by atoms with Crippen molar-refractivity contribution in [1.29, 1.82) is 0 Å². The van der Waals surface area contributed by atoms with Crippen molar-refractivity contribution in [3.63, 3.8) is 0 Å². The smallest absolute Gasteiger partial charge is 0.258 e. The van der Waals surface area contributed by atoms with Gasteiger partial charge in [-0.1, -0.05) is 11.6 Å². The van der Waals surface area contributed by atoms with Crippen LogP contribution in [0.2, 0.25) is 5.02 Å². The molecule has 0 radical (unpaired) electrons. The predicted octanol–water partition coefficient (Wildman–Crippen LogP) is 4.19. The van der Waals surface area contributed by atoms with E-state index in [2.05, 4.69) is 10.4 Å². The van der Waals surface area contributed by atoms with Crippen molar-refractivity contribution in [2.75, 3.05) is 19.0 Å². The molecule has 1 N–H and O–H groups in total. The van der Waals surface area contributed by atoms with E-state index in [0.29, 0.717) is 34.4 Å². The zero-order valence-electron chi connectivity index (χ0n) is 14.4. The van der Waals surface area contributed by atoms with Gasteiger partial charge in [-0.05, 0) is 43.3 Å². The highest BCUT2D eigenvalue weighted by molar-refractivity contribution is 6.30. The molecule has 134 valence electrons. The summed E-state index contributed by atoms with van der Waals surface area (Å²) in [4.78, 5) is 12.5. The zero-order valence-corrected chi connectivity index (χ0v) is 15.2. The van der Waals surface area contributed by atoms with Gasteiger partial charge in [0.05, 0.1) is 31.2 Å². The van der Waals surface area contributed by atoms with Gasteiger partial charge in [0, 0.05) is 23.0 Å². The second-order valence-electron chi connectivity index (χ2n) is 5.40. The molecule has 7 heteroatoms. The van der Waals surface area contributed by atoms with Crippen LogP contribution in [0.3, 0.4) is 0 Å². The van der Waals surface area contributed by atoms with Crippen molar-refractivity contribution >= 4 is 23.2 Å². The minimum Gasteiger partial charge on any atom is -0.493 e. The van der Waals surface area contributed by atoms with Crippen LogP contribution in [-0.2, 0) is 0 Å². The molecule has 0 saturated heterocycles. The number of aromatic nitrogens is 2. The molecule has 0 aliphatic heterocycles. The lowest BCUT2D eigenvalue weighted by Gasteiger charge is -2.11. The summed E-state index contributed by atoms with van der Waals surface area (Å²) in [6.07, 6.45) is 3.17. The SMILES string of the molecule is CCOc1ccc(NC(=O)c2cnn(-c3ccc(Cl)cc3)c2)cc1OC. The van der Waals surface area contributed by atoms with Crippen LogP contribution < -0.4 is 14.8 Å². The third-order valence-electron chi connectivity index (χ3n) is 3.66. The minimum absolute atomic E-state index is 0.267. The Bertz CT molecular complexity index is 907. The Hall–Kier alpha value is -2.99. The molecule has 0 spiro atoms. The number of amides is 1. The highest BCUT2D eigenvalue weighted by atomic mass is 35.5. The van der Waals surface area contributed by atoms with Gasteiger partial charge in [-0.25, -0.2) is 4.68 Å². The van der Waals surface area contributed by atoms with E-state index in [1.807, 2.05) is 19.1 Å². The molecule has 3 rings (SSSR count). The third-order valence-corrected chi connectivity index (χ3v) is 3.91. The molecule has 0 unspecified atom stereocenters. The van der Waals surface area contributed by atoms with Gasteiger partial charge in [-0.15, -0.1) is 0 Å². The summed E-state index contributed by atoms with van der Waals surface area (Å²) in [6, 6.07) is 12.4. The van der Waals surface area contributed by atoms with Gasteiger partial charge in [0.25, 0.3) is 5.91 Å². The summed E-state index contributed by atoms with van der Waals surface area (Å²) in [7, 11) is 1.56. The fourth-order valence-corrected chi connectivity index (χ4v) is 2.52. The maximum absolute atomic E-state index is 12.5. The van der Waals surface area contributed by atoms with Crippen LogP contribution in [0, 0.1) is 0 Å². The topological polar surface area (TPSA) is 65.4 Å². The molecular formula is C19H18ClN3O3. The van der Waals surface area contributed by atoms with Gasteiger partial charge >= 0.3 is 0 Å². The van der Waals surface area contributed by atoms with Crippen molar-refractivity contribution in [2.45, 2.75) is 6.92 Å². The van der Waals surface area contributed by atoms with Crippen LogP contribution in [0.4, 0.5) is 5.69 Å². The number of ether oxygens (including phenoxy) is 2. The van der Waals surface area contributed by atoms with Crippen molar-refractivity contribution in [1.82, 2.24) is 9.78 Å². The van der Waals surface area contributed by atoms with E-state index < -0.39 is 0 Å². The first-order chi connectivity index (χ1) is 12.6. The first kappa shape index (κ1) is 17.8. The van der Waals surface area contributed by atoms with E-state index in [4.69, 9.17) is 21.1 Å². The second-order valence-corrected chi connectivity index (χ2v) is 5.84. The molecule has 1 aromatic heterocycles. The first-order valence-corrected chi connectivity index (χ1v) is 8.41. The van der Waals surface area contributed by atoms with Gasteiger partial charge in [-0.3, -0.25) is 4.79 Å². The average molecular weight is 372 g/mol. The highest BCUT2D eigenvalue weighted by Crippen LogP contribution is 2.30. The Labute approximate surface area is 156 Å². The van der Waals surface area contributed by atoms with Gasteiger partial charge in [0.1, 0.15) is 0 Å². The maximum Gasteiger partial charge on any atom is 0.258 e. The second kappa shape index (κ2) is 7.93. The summed E-state index contributed by atoms with van der Waals surface area (Å²) in [5.74, 6) is 0.918. The number of benzene rings is 2. The fourth-order valence-electron chi connectivity index (χ4n) is 2.40. The van der Waals surface area contributed by atoms with Gasteiger partial charge in [0.15, 0.2) is 11.5 Å². The number of carbonyl (C=O) groups excluding carboxylic acids is 1. The lowest BCUT2D eigenvalue weighted by Crippen LogP contribution is -2.11. The lowest BCUT2D eigenvalue weighted by molar-refractivity contribution is 0.102. The molecule has 0 aliphatic carbocycles. The summed E-state index contributed by atoms with van der Waals surface area (Å²) < 4.78 is 12.4. The quantitative estimate of drug-likeness (QED) is 0.705. The van der Waals surface area contributed by atoms with E-state index in [-0.39, 0.29) is 5.91 Å². The zero-order chi connectivity index (χ0) is 18.5. The Morgan fingerprint density at radius 2 is 1.96 bits per heavy atom. The van der Waals surface area contributed by atoms with Crippen LogP contribution in [0.1, 0.15) is 17.3 Å². The Kier molecular flexibility index (Phi) is 5.43. The molecule has 0 aliphatic rings. The van der Waals surface area contributed by atoms with Crippen LogP contribution in [0.15, 0.2) is 54.9 Å². The number of hydrogen-bond donors (Lipinski definition) is 1. The van der Waals surface area contributed by atoms with Crippen LogP contribution in [-0.4, -0.2) is 29.4 Å². The lowest BCUT2D eigenvalue weighted by atomic mass is 10.2. The maximum atomic E-state index is 12.5. The van der Waals surface area contributed by atoms with E-state index in [1.165, 1.54) is 6.20 Å². The van der Waals surface area contributed by atoms with Crippen LogP contribution in [0.25, 0.3) is 5.69 Å². The Balaban J connectivity index is 1.75. The molecule has 0 fully saturated rings. The predicted molar refractivity (Wildman–Crippen MR) is 101 cm³/mol. The molecule has 0 bridgehead atoms. The van der Waals surface area contributed by atoms with E-state index in [0.717, 1.165) is 5.69 Å². The molecule has 1 amide bonds. The fraction of sp³-hybridized carbons (Fsp3) is 0.158. The van der Waals surface area contributed by atoms with E-state index >= 15 is 0 Å². The molecular weight excluding hydrogens is 354 g/mol. The van der Waals surface area contributed by atoms with Crippen molar-refractivity contribution < 1.29 is 14.3 Å². The van der Waals surface area contributed by atoms with Crippen molar-refractivity contribution in [3.8, 4) is 17.2 Å². The number of rotatable bonds is 6. The number of nitrogens with one attached hydrogen (secondary N) is 1. The minimum atomic E-state index is -0.267. The number of anilines is 1. The van der Waals surface area contributed by atoms with E-state index in [9.17, 15) is 4.79 Å². The van der Waals surface area contributed by atoms with Crippen molar-refractivity contribution in [3.05, 3.63) is 65.4 Å². The molecule has 1 heterocycles. The summed E-state index contributed by atoms with van der Waals surface area (Å²) >= 11 is 5.89. The van der Waals surface area contributed by atoms with Crippen LogP contribution >= 0.6 is 11.6 Å². The number of methoxy groups -OCH3 is 1. The monoisotopic (exact) mass is 371 g/mol. The number of hydrogen-bond acceptors (Lipinski definition) is 4. The Morgan fingerprint density at radius 3 is 2.65 bits per heavy atom. The summed E-state index contributed by atoms with van der Waals surface area (Å²) in [5.41, 5.74) is 1.86. The molecule has 2 aromatic carbocycles. The summed E-state index contributed by atoms with van der Waals surface area (Å²) in [5, 5.41) is 7.69. The van der Waals surface area contributed by atoms with Gasteiger partial charge in [0.2, 0.25) is 0 Å². The first-order valence-electron chi connectivity index (χ1n) is 8.03. The standard InChI is InChI=1S/C19H18ClN3O3/c1-3-26-17-9-6-15(10-18(17)25-2)22-19(24)13-11-21-23(12-13)16-7-4-14(20)5-8-16/h4-12H,3H2,1-2H3,(H,22,24). The third kappa shape index (κ3) is 3.97. The molecule has 3 aromatic rings. The molecule has 0 saturated carbocycles. The Morgan fingerprint density at radius 1 is 1.19 bits per heavy atom. The average Bonchev–Trinajstić information content (AvgIpc) is 3.14. The molecule has 26 heavy (non-hydrogen) atoms.